The van der Waals surface area contributed by atoms with E-state index in [4.69, 9.17) is 16.2 Å². The van der Waals surface area contributed by atoms with Crippen LogP contribution in [0.4, 0.5) is 0 Å². The number of primary amides is 1. The van der Waals surface area contributed by atoms with E-state index in [9.17, 15) is 4.79 Å². The molecule has 4 nitrogen and oxygen atoms in total. The molecule has 4 N–H and O–H groups in total. The van der Waals surface area contributed by atoms with Crippen molar-refractivity contribution in [3.63, 3.8) is 0 Å². The summed E-state index contributed by atoms with van der Waals surface area (Å²) in [6, 6.07) is 5.72. The van der Waals surface area contributed by atoms with Crippen LogP contribution in [-0.2, 0) is 4.79 Å². The van der Waals surface area contributed by atoms with E-state index in [-0.39, 0.29) is 11.9 Å². The number of benzene rings is 1. The highest BCUT2D eigenvalue weighted by atomic mass is 79.9. The van der Waals surface area contributed by atoms with Crippen LogP contribution < -0.4 is 16.2 Å². The molecule has 5 heteroatoms. The number of nitrogens with two attached hydrogens (primary N) is 2. The van der Waals surface area contributed by atoms with Crippen molar-refractivity contribution in [3.05, 3.63) is 28.2 Å². The topological polar surface area (TPSA) is 78.3 Å². The lowest BCUT2D eigenvalue weighted by Crippen LogP contribution is -2.14. The van der Waals surface area contributed by atoms with E-state index < -0.39 is 0 Å². The molecule has 0 aliphatic carbocycles. The quantitative estimate of drug-likeness (QED) is 0.811. The third kappa shape index (κ3) is 4.66. The minimum atomic E-state index is -0.282. The van der Waals surface area contributed by atoms with Crippen molar-refractivity contribution in [2.45, 2.75) is 32.2 Å². The van der Waals surface area contributed by atoms with Gasteiger partial charge in [0.05, 0.1) is 11.1 Å². The Hall–Kier alpha value is -1.07. The van der Waals surface area contributed by atoms with Gasteiger partial charge in [0.2, 0.25) is 5.91 Å². The van der Waals surface area contributed by atoms with E-state index in [1.165, 1.54) is 0 Å². The molecule has 0 heterocycles. The van der Waals surface area contributed by atoms with Gasteiger partial charge in [-0.1, -0.05) is 6.07 Å². The maximum absolute atomic E-state index is 10.6. The molecule has 1 aromatic carbocycles. The number of amides is 1. The Kier molecular flexibility index (Phi) is 6.15. The monoisotopic (exact) mass is 314 g/mol. The van der Waals surface area contributed by atoms with Gasteiger partial charge in [0.1, 0.15) is 5.75 Å². The molecule has 0 saturated carbocycles. The van der Waals surface area contributed by atoms with E-state index in [0.717, 1.165) is 22.2 Å². The first kappa shape index (κ1) is 15.0. The van der Waals surface area contributed by atoms with Gasteiger partial charge < -0.3 is 16.2 Å². The zero-order valence-electron chi connectivity index (χ0n) is 10.5. The van der Waals surface area contributed by atoms with Gasteiger partial charge in [-0.25, -0.2) is 0 Å². The summed E-state index contributed by atoms with van der Waals surface area (Å²) in [5.74, 6) is 0.528. The Labute approximate surface area is 116 Å². The van der Waals surface area contributed by atoms with E-state index in [1.54, 1.807) is 0 Å². The largest absolute Gasteiger partial charge is 0.493 e. The van der Waals surface area contributed by atoms with E-state index in [1.807, 2.05) is 25.1 Å². The van der Waals surface area contributed by atoms with Crippen molar-refractivity contribution < 1.29 is 9.53 Å². The van der Waals surface area contributed by atoms with Crippen LogP contribution in [0.1, 0.15) is 37.8 Å². The molecule has 0 radical (unpaired) electrons. The molecule has 0 fully saturated rings. The predicted molar refractivity (Wildman–Crippen MR) is 75.3 cm³/mol. The predicted octanol–water partition coefficient (Wildman–Crippen LogP) is 2.50. The summed E-state index contributed by atoms with van der Waals surface area (Å²) in [7, 11) is 0. The highest BCUT2D eigenvalue weighted by molar-refractivity contribution is 9.10. The van der Waals surface area contributed by atoms with E-state index in [2.05, 4.69) is 15.9 Å². The van der Waals surface area contributed by atoms with Crippen molar-refractivity contribution in [2.24, 2.45) is 11.5 Å². The molecule has 1 amide bonds. The summed E-state index contributed by atoms with van der Waals surface area (Å²) < 4.78 is 6.33. The van der Waals surface area contributed by atoms with Crippen molar-refractivity contribution in [1.82, 2.24) is 0 Å². The standard InChI is InChI=1S/C13H19BrN2O2/c1-2-18-12-7-6-9(8-10(12)14)11(15)4-3-5-13(16)17/h6-8,11H,2-5,15H2,1H3,(H2,16,17). The third-order valence-corrected chi connectivity index (χ3v) is 3.24. The fraction of sp³-hybridized carbons (Fsp3) is 0.462. The van der Waals surface area contributed by atoms with Crippen LogP contribution in [0.3, 0.4) is 0 Å². The van der Waals surface area contributed by atoms with E-state index in [0.29, 0.717) is 19.4 Å². The molecule has 0 bridgehead atoms. The van der Waals surface area contributed by atoms with Gasteiger partial charge in [-0.2, -0.15) is 0 Å². The van der Waals surface area contributed by atoms with Crippen molar-refractivity contribution in [3.8, 4) is 5.75 Å². The lowest BCUT2D eigenvalue weighted by atomic mass is 10.0. The van der Waals surface area contributed by atoms with Crippen LogP contribution in [0.2, 0.25) is 0 Å². The maximum Gasteiger partial charge on any atom is 0.217 e. The first-order valence-electron chi connectivity index (χ1n) is 6.00. The Balaban J connectivity index is 2.60. The summed E-state index contributed by atoms with van der Waals surface area (Å²) >= 11 is 3.45. The Morgan fingerprint density at radius 1 is 1.50 bits per heavy atom. The third-order valence-electron chi connectivity index (χ3n) is 2.62. The molecular formula is C13H19BrN2O2. The maximum atomic E-state index is 10.6. The van der Waals surface area contributed by atoms with Crippen molar-refractivity contribution in [2.75, 3.05) is 6.61 Å². The Morgan fingerprint density at radius 3 is 2.78 bits per heavy atom. The molecular weight excluding hydrogens is 296 g/mol. The highest BCUT2D eigenvalue weighted by Gasteiger charge is 2.09. The number of carbonyl (C=O) groups is 1. The minimum absolute atomic E-state index is 0.0867. The Morgan fingerprint density at radius 2 is 2.22 bits per heavy atom. The van der Waals surface area contributed by atoms with Gasteiger partial charge in [0.25, 0.3) is 0 Å². The fourth-order valence-electron chi connectivity index (χ4n) is 1.68. The number of carbonyl (C=O) groups excluding carboxylic acids is 1. The molecule has 0 aromatic heterocycles. The van der Waals surface area contributed by atoms with Crippen LogP contribution in [0.25, 0.3) is 0 Å². The van der Waals surface area contributed by atoms with Crippen molar-refractivity contribution >= 4 is 21.8 Å². The average Bonchev–Trinajstić information content (AvgIpc) is 2.31. The second kappa shape index (κ2) is 7.38. The van der Waals surface area contributed by atoms with Gasteiger partial charge in [0, 0.05) is 12.5 Å². The number of rotatable bonds is 7. The summed E-state index contributed by atoms with van der Waals surface area (Å²) in [5, 5.41) is 0. The lowest BCUT2D eigenvalue weighted by Gasteiger charge is -2.13. The zero-order chi connectivity index (χ0) is 13.5. The molecule has 1 unspecified atom stereocenters. The Bertz CT molecular complexity index is 410. The molecule has 0 aliphatic rings. The summed E-state index contributed by atoms with van der Waals surface area (Å²) in [4.78, 5) is 10.6. The zero-order valence-corrected chi connectivity index (χ0v) is 12.1. The molecule has 0 aliphatic heterocycles. The fourth-order valence-corrected chi connectivity index (χ4v) is 2.19. The van der Waals surface area contributed by atoms with Crippen LogP contribution in [0.5, 0.6) is 5.75 Å². The van der Waals surface area contributed by atoms with Gasteiger partial charge in [0.15, 0.2) is 0 Å². The minimum Gasteiger partial charge on any atom is -0.493 e. The first-order chi connectivity index (χ1) is 8.54. The van der Waals surface area contributed by atoms with Crippen LogP contribution >= 0.6 is 15.9 Å². The van der Waals surface area contributed by atoms with Gasteiger partial charge >= 0.3 is 0 Å². The average molecular weight is 315 g/mol. The van der Waals surface area contributed by atoms with Gasteiger partial charge in [-0.3, -0.25) is 4.79 Å². The normalized spacial score (nSPS) is 12.2. The molecule has 100 valence electrons. The molecule has 18 heavy (non-hydrogen) atoms. The van der Waals surface area contributed by atoms with Gasteiger partial charge in [-0.15, -0.1) is 0 Å². The second-order valence-corrected chi connectivity index (χ2v) is 4.94. The second-order valence-electron chi connectivity index (χ2n) is 4.09. The summed E-state index contributed by atoms with van der Waals surface area (Å²) in [6.45, 7) is 2.57. The molecule has 0 saturated heterocycles. The number of halogens is 1. The first-order valence-corrected chi connectivity index (χ1v) is 6.80. The highest BCUT2D eigenvalue weighted by Crippen LogP contribution is 2.29. The summed E-state index contributed by atoms with van der Waals surface area (Å²) in [5.41, 5.74) is 12.2. The van der Waals surface area contributed by atoms with Crippen molar-refractivity contribution in [1.29, 1.82) is 0 Å². The van der Waals surface area contributed by atoms with Gasteiger partial charge in [-0.05, 0) is 53.4 Å². The SMILES string of the molecule is CCOc1ccc(C(N)CCCC(N)=O)cc1Br. The van der Waals surface area contributed by atoms with Crippen LogP contribution in [-0.4, -0.2) is 12.5 Å². The molecule has 0 spiro atoms. The molecule has 1 rings (SSSR count). The smallest absolute Gasteiger partial charge is 0.217 e. The number of hydrogen-bond donors (Lipinski definition) is 2. The summed E-state index contributed by atoms with van der Waals surface area (Å²) in [6.07, 6.45) is 1.83. The number of ether oxygens (including phenoxy) is 1. The van der Waals surface area contributed by atoms with E-state index >= 15 is 0 Å². The lowest BCUT2D eigenvalue weighted by molar-refractivity contribution is -0.118. The van der Waals surface area contributed by atoms with Crippen LogP contribution in [0, 0.1) is 0 Å². The molecule has 1 atom stereocenters. The molecule has 1 aromatic rings. The number of hydrogen-bond acceptors (Lipinski definition) is 3. The van der Waals surface area contributed by atoms with Crippen LogP contribution in [0.15, 0.2) is 22.7 Å².